The van der Waals surface area contributed by atoms with Crippen LogP contribution in [0.25, 0.3) is 32.5 Å². The predicted molar refractivity (Wildman–Crippen MR) is 135 cm³/mol. The highest BCUT2D eigenvalue weighted by atomic mass is 32.2. The van der Waals surface area contributed by atoms with E-state index in [2.05, 4.69) is 22.9 Å². The highest BCUT2D eigenvalue weighted by molar-refractivity contribution is 7.91. The Morgan fingerprint density at radius 1 is 1.03 bits per heavy atom. The van der Waals surface area contributed by atoms with Gasteiger partial charge >= 0.3 is 0 Å². The number of sulfone groups is 1. The van der Waals surface area contributed by atoms with Crippen molar-refractivity contribution < 1.29 is 13.2 Å². The first kappa shape index (κ1) is 22.1. The largest absolute Gasteiger partial charge is 0.347 e. The lowest BCUT2D eigenvalue weighted by molar-refractivity contribution is 0.0934. The fourth-order valence-corrected chi connectivity index (χ4v) is 6.85. The third-order valence-electron chi connectivity index (χ3n) is 5.79. The van der Waals surface area contributed by atoms with Crippen molar-refractivity contribution in [3.63, 3.8) is 0 Å². The van der Waals surface area contributed by atoms with Crippen molar-refractivity contribution in [2.24, 2.45) is 0 Å². The zero-order valence-corrected chi connectivity index (χ0v) is 20.1. The number of carbonyl (C=O) groups is 1. The van der Waals surface area contributed by atoms with Gasteiger partial charge in [0, 0.05) is 34.5 Å². The molecule has 2 aromatic heterocycles. The average molecular weight is 496 g/mol. The molecule has 0 aliphatic carbocycles. The topological polar surface area (TPSA) is 89.0 Å². The lowest BCUT2D eigenvalue weighted by Crippen LogP contribution is -2.40. The monoisotopic (exact) mass is 495 g/mol. The van der Waals surface area contributed by atoms with Crippen LogP contribution in [0.5, 0.6) is 0 Å². The highest BCUT2D eigenvalue weighted by Gasteiger charge is 2.27. The maximum atomic E-state index is 13.1. The molecule has 168 valence electrons. The maximum Gasteiger partial charge on any atom is 0.280 e. The molecule has 1 aliphatic heterocycles. The number of hydrogen-bond donors (Lipinski definition) is 2. The number of amides is 1. The zero-order valence-electron chi connectivity index (χ0n) is 17.6. The van der Waals surface area contributed by atoms with Crippen LogP contribution < -0.4 is 5.32 Å². The molecule has 1 aliphatic rings. The van der Waals surface area contributed by atoms with Crippen LogP contribution in [-0.4, -0.2) is 41.8 Å². The normalized spacial score (nSPS) is 16.0. The lowest BCUT2D eigenvalue weighted by Gasteiger charge is -2.22. The van der Waals surface area contributed by atoms with E-state index >= 15 is 0 Å². The van der Waals surface area contributed by atoms with Crippen LogP contribution in [-0.2, 0) is 9.84 Å². The van der Waals surface area contributed by atoms with Gasteiger partial charge < -0.3 is 5.32 Å². The third-order valence-corrected chi connectivity index (χ3v) is 8.98. The van der Waals surface area contributed by atoms with Crippen LogP contribution in [0.2, 0.25) is 0 Å². The maximum absolute atomic E-state index is 13.1. The van der Waals surface area contributed by atoms with Gasteiger partial charge in [-0.2, -0.15) is 0 Å². The number of nitrogens with zero attached hydrogens (tertiary/aromatic N) is 2. The highest BCUT2D eigenvalue weighted by Crippen LogP contribution is 2.41. The molecule has 0 radical (unpaired) electrons. The number of aromatic nitrogens is 2. The molecule has 2 aromatic carbocycles. The number of benzene rings is 2. The first-order valence-corrected chi connectivity index (χ1v) is 13.6. The molecular formula is C24H21N3O3S3. The standard InChI is InChI=1S/C24H21N3O3S3/c28-23(26-16-9-12-33(29,30)13-10-16)24-27-21(15-4-3-11-25-14-15)22(32-24)19-7-8-20(31)18-6-2-1-5-17(18)19/h1-8,11,14,16,31H,9-10,12-13H2,(H,26,28). The Kier molecular flexibility index (Phi) is 5.94. The van der Waals surface area contributed by atoms with Crippen LogP contribution in [0.3, 0.4) is 0 Å². The van der Waals surface area contributed by atoms with Crippen molar-refractivity contribution in [3.8, 4) is 21.7 Å². The molecule has 4 aromatic rings. The molecule has 1 fully saturated rings. The molecule has 0 spiro atoms. The first-order valence-electron chi connectivity index (χ1n) is 10.5. The number of rotatable bonds is 4. The first-order chi connectivity index (χ1) is 15.9. The number of carbonyl (C=O) groups excluding carboxylic acids is 1. The fraction of sp³-hybridized carbons (Fsp3) is 0.208. The van der Waals surface area contributed by atoms with Crippen LogP contribution in [0, 0.1) is 0 Å². The molecule has 1 amide bonds. The van der Waals surface area contributed by atoms with Crippen molar-refractivity contribution in [1.82, 2.24) is 15.3 Å². The van der Waals surface area contributed by atoms with Crippen molar-refractivity contribution in [3.05, 3.63) is 65.9 Å². The van der Waals surface area contributed by atoms with E-state index in [4.69, 9.17) is 4.98 Å². The molecule has 3 heterocycles. The second-order valence-electron chi connectivity index (χ2n) is 8.02. The van der Waals surface area contributed by atoms with Gasteiger partial charge in [-0.15, -0.1) is 24.0 Å². The minimum absolute atomic E-state index is 0.101. The molecular weight excluding hydrogens is 474 g/mol. The van der Waals surface area contributed by atoms with Crippen LogP contribution in [0.4, 0.5) is 0 Å². The quantitative estimate of drug-likeness (QED) is 0.403. The number of thiol groups is 1. The van der Waals surface area contributed by atoms with Gasteiger partial charge in [0.2, 0.25) is 0 Å². The van der Waals surface area contributed by atoms with Gasteiger partial charge in [0.1, 0.15) is 9.84 Å². The Labute approximate surface area is 201 Å². The van der Waals surface area contributed by atoms with Gasteiger partial charge in [-0.05, 0) is 41.8 Å². The summed E-state index contributed by atoms with van der Waals surface area (Å²) < 4.78 is 23.4. The summed E-state index contributed by atoms with van der Waals surface area (Å²) in [6.45, 7) is 0. The van der Waals surface area contributed by atoms with E-state index < -0.39 is 9.84 Å². The Hall–Kier alpha value is -2.75. The summed E-state index contributed by atoms with van der Waals surface area (Å²) in [6.07, 6.45) is 4.29. The molecule has 0 bridgehead atoms. The predicted octanol–water partition coefficient (Wildman–Crippen LogP) is 4.62. The summed E-state index contributed by atoms with van der Waals surface area (Å²) in [7, 11) is -2.99. The van der Waals surface area contributed by atoms with Crippen LogP contribution in [0.15, 0.2) is 65.8 Å². The Morgan fingerprint density at radius 3 is 2.52 bits per heavy atom. The molecule has 1 N–H and O–H groups in total. The molecule has 6 nitrogen and oxygen atoms in total. The van der Waals surface area contributed by atoms with Gasteiger partial charge in [-0.3, -0.25) is 9.78 Å². The zero-order chi connectivity index (χ0) is 23.0. The van der Waals surface area contributed by atoms with Gasteiger partial charge in [0.15, 0.2) is 5.01 Å². The summed E-state index contributed by atoms with van der Waals surface area (Å²) in [6, 6.07) is 15.6. The molecule has 9 heteroatoms. The van der Waals surface area contributed by atoms with E-state index in [0.717, 1.165) is 31.7 Å². The summed E-state index contributed by atoms with van der Waals surface area (Å²) in [4.78, 5) is 23.8. The Balaban J connectivity index is 1.56. The van der Waals surface area contributed by atoms with Gasteiger partial charge in [0.05, 0.1) is 22.1 Å². The number of pyridine rings is 1. The van der Waals surface area contributed by atoms with Crippen molar-refractivity contribution in [1.29, 1.82) is 0 Å². The Morgan fingerprint density at radius 2 is 1.79 bits per heavy atom. The lowest BCUT2D eigenvalue weighted by atomic mass is 10.0. The van der Waals surface area contributed by atoms with Crippen molar-refractivity contribution in [2.75, 3.05) is 11.5 Å². The van der Waals surface area contributed by atoms with E-state index in [1.54, 1.807) is 12.4 Å². The minimum Gasteiger partial charge on any atom is -0.347 e. The summed E-state index contributed by atoms with van der Waals surface area (Å²) >= 11 is 5.93. The Bertz CT molecular complexity index is 1440. The summed E-state index contributed by atoms with van der Waals surface area (Å²) in [5, 5.41) is 5.38. The minimum atomic E-state index is -2.99. The van der Waals surface area contributed by atoms with Gasteiger partial charge in [0.25, 0.3) is 5.91 Å². The molecule has 0 atom stereocenters. The summed E-state index contributed by atoms with van der Waals surface area (Å²) in [5.41, 5.74) is 2.50. The molecule has 0 saturated carbocycles. The molecule has 5 rings (SSSR count). The molecule has 33 heavy (non-hydrogen) atoms. The van der Waals surface area contributed by atoms with Crippen LogP contribution in [0.1, 0.15) is 22.6 Å². The number of nitrogens with one attached hydrogen (secondary N) is 1. The van der Waals surface area contributed by atoms with E-state index in [-0.39, 0.29) is 23.5 Å². The number of hydrogen-bond acceptors (Lipinski definition) is 7. The van der Waals surface area contributed by atoms with E-state index in [1.165, 1.54) is 11.3 Å². The smallest absolute Gasteiger partial charge is 0.280 e. The van der Waals surface area contributed by atoms with Gasteiger partial charge in [-0.1, -0.05) is 30.3 Å². The molecule has 0 unspecified atom stereocenters. The van der Waals surface area contributed by atoms with Crippen molar-refractivity contribution >= 4 is 50.5 Å². The second-order valence-corrected chi connectivity index (χ2v) is 11.8. The van der Waals surface area contributed by atoms with Crippen molar-refractivity contribution in [2.45, 2.75) is 23.8 Å². The SMILES string of the molecule is O=C(NC1CCS(=O)(=O)CC1)c1nc(-c2cccnc2)c(-c2ccc(S)c3ccccc23)s1. The van der Waals surface area contributed by atoms with E-state index in [1.807, 2.05) is 48.5 Å². The number of thiazole rings is 1. The van der Waals surface area contributed by atoms with E-state index in [0.29, 0.717) is 23.5 Å². The number of fused-ring (bicyclic) bond motifs is 1. The third kappa shape index (κ3) is 4.53. The van der Waals surface area contributed by atoms with Gasteiger partial charge in [-0.25, -0.2) is 13.4 Å². The second kappa shape index (κ2) is 8.89. The average Bonchev–Trinajstić information content (AvgIpc) is 3.27. The summed E-state index contributed by atoms with van der Waals surface area (Å²) in [5.74, 6) is -0.0791. The fourth-order valence-electron chi connectivity index (χ4n) is 4.06. The van der Waals surface area contributed by atoms with E-state index in [9.17, 15) is 13.2 Å². The van der Waals surface area contributed by atoms with Crippen LogP contribution >= 0.6 is 24.0 Å². The molecule has 1 saturated heterocycles.